The van der Waals surface area contributed by atoms with E-state index in [1.807, 2.05) is 6.92 Å². The summed E-state index contributed by atoms with van der Waals surface area (Å²) in [4.78, 5) is 4.92. The summed E-state index contributed by atoms with van der Waals surface area (Å²) >= 11 is 0. The van der Waals surface area contributed by atoms with Gasteiger partial charge in [-0.15, -0.1) is 10.2 Å². The summed E-state index contributed by atoms with van der Waals surface area (Å²) < 4.78 is 1.77. The Morgan fingerprint density at radius 2 is 1.83 bits per heavy atom. The molecule has 0 amide bonds. The van der Waals surface area contributed by atoms with Gasteiger partial charge in [0, 0.05) is 32.7 Å². The minimum absolute atomic E-state index is 0.841. The van der Waals surface area contributed by atoms with Crippen molar-refractivity contribution < 1.29 is 0 Å². The van der Waals surface area contributed by atoms with Crippen LogP contribution in [0.5, 0.6) is 0 Å². The Balaban J connectivity index is 1.48. The van der Waals surface area contributed by atoms with Crippen molar-refractivity contribution in [3.8, 4) is 0 Å². The van der Waals surface area contributed by atoms with Crippen molar-refractivity contribution in [2.45, 2.75) is 20.4 Å². The van der Waals surface area contributed by atoms with Gasteiger partial charge in [-0.3, -0.25) is 4.90 Å². The van der Waals surface area contributed by atoms with Crippen molar-refractivity contribution in [1.29, 1.82) is 0 Å². The Morgan fingerprint density at radius 3 is 2.62 bits per heavy atom. The zero-order valence-corrected chi connectivity index (χ0v) is 14.2. The first kappa shape index (κ1) is 15.1. The topological polar surface area (TPSA) is 49.6 Å². The predicted octanol–water partition coefficient (Wildman–Crippen LogP) is 2.06. The smallest absolute Gasteiger partial charge is 0.200 e. The van der Waals surface area contributed by atoms with Crippen molar-refractivity contribution in [2.24, 2.45) is 0 Å². The van der Waals surface area contributed by atoms with Crippen LogP contribution in [-0.2, 0) is 6.54 Å². The normalized spacial score (nSPS) is 16.0. The monoisotopic (exact) mass is 322 g/mol. The van der Waals surface area contributed by atoms with Crippen LogP contribution in [0.1, 0.15) is 16.8 Å². The molecule has 0 atom stereocenters. The zero-order valence-electron chi connectivity index (χ0n) is 14.2. The van der Waals surface area contributed by atoms with E-state index in [-0.39, 0.29) is 0 Å². The second-order valence-corrected chi connectivity index (χ2v) is 6.46. The maximum Gasteiger partial charge on any atom is 0.200 e. The lowest BCUT2D eigenvalue weighted by atomic mass is 10.1. The lowest BCUT2D eigenvalue weighted by Gasteiger charge is -2.36. The van der Waals surface area contributed by atoms with Crippen molar-refractivity contribution in [3.63, 3.8) is 0 Å². The van der Waals surface area contributed by atoms with Gasteiger partial charge in [0.05, 0.1) is 11.4 Å². The number of fused-ring (bicyclic) bond motifs is 1. The van der Waals surface area contributed by atoms with Crippen LogP contribution in [0.2, 0.25) is 0 Å². The first-order valence-corrected chi connectivity index (χ1v) is 8.40. The number of aryl methyl sites for hydroxylation is 2. The Hall–Kier alpha value is -2.47. The molecule has 3 heterocycles. The lowest BCUT2D eigenvalue weighted by molar-refractivity contribution is 0.249. The number of anilines is 1. The van der Waals surface area contributed by atoms with E-state index in [0.717, 1.165) is 49.8 Å². The van der Waals surface area contributed by atoms with Crippen LogP contribution in [0.4, 0.5) is 5.69 Å². The van der Waals surface area contributed by atoms with Crippen LogP contribution in [0.25, 0.3) is 5.65 Å². The van der Waals surface area contributed by atoms with Gasteiger partial charge < -0.3 is 4.90 Å². The Morgan fingerprint density at radius 1 is 1.04 bits per heavy atom. The summed E-state index contributed by atoms with van der Waals surface area (Å²) in [7, 11) is 0. The molecule has 3 aromatic rings. The first-order valence-electron chi connectivity index (χ1n) is 8.40. The van der Waals surface area contributed by atoms with Crippen LogP contribution < -0.4 is 4.90 Å². The second-order valence-electron chi connectivity index (χ2n) is 6.46. The molecule has 0 spiro atoms. The summed E-state index contributed by atoms with van der Waals surface area (Å²) in [6, 6.07) is 10.8. The molecule has 0 saturated carbocycles. The number of rotatable bonds is 3. The van der Waals surface area contributed by atoms with Gasteiger partial charge in [-0.25, -0.2) is 0 Å². The number of hydrogen-bond acceptors (Lipinski definition) is 5. The zero-order chi connectivity index (χ0) is 16.5. The Bertz CT molecular complexity index is 848. The Labute approximate surface area is 141 Å². The van der Waals surface area contributed by atoms with E-state index in [9.17, 15) is 0 Å². The molecule has 24 heavy (non-hydrogen) atoms. The van der Waals surface area contributed by atoms with E-state index in [1.54, 1.807) is 10.8 Å². The molecule has 6 nitrogen and oxygen atoms in total. The molecular weight excluding hydrogens is 300 g/mol. The largest absolute Gasteiger partial charge is 0.366 e. The van der Waals surface area contributed by atoms with E-state index in [0.29, 0.717) is 0 Å². The van der Waals surface area contributed by atoms with Crippen LogP contribution in [-0.4, -0.2) is 50.9 Å². The third-order valence-electron chi connectivity index (χ3n) is 4.74. The minimum Gasteiger partial charge on any atom is -0.366 e. The van der Waals surface area contributed by atoms with Crippen molar-refractivity contribution in [2.75, 3.05) is 31.1 Å². The van der Waals surface area contributed by atoms with Gasteiger partial charge in [0.2, 0.25) is 5.65 Å². The lowest BCUT2D eigenvalue weighted by Crippen LogP contribution is -2.46. The maximum absolute atomic E-state index is 4.43. The highest BCUT2D eigenvalue weighted by Crippen LogP contribution is 2.22. The number of benzene rings is 1. The molecule has 124 valence electrons. The molecule has 0 radical (unpaired) electrons. The van der Waals surface area contributed by atoms with Gasteiger partial charge >= 0.3 is 0 Å². The quantitative estimate of drug-likeness (QED) is 0.739. The third-order valence-corrected chi connectivity index (χ3v) is 4.74. The van der Waals surface area contributed by atoms with Crippen LogP contribution in [0.3, 0.4) is 0 Å². The molecule has 2 aromatic heterocycles. The van der Waals surface area contributed by atoms with Gasteiger partial charge in [0.25, 0.3) is 0 Å². The molecule has 1 aliphatic rings. The fourth-order valence-corrected chi connectivity index (χ4v) is 3.34. The van der Waals surface area contributed by atoms with Gasteiger partial charge in [-0.05, 0) is 31.0 Å². The van der Waals surface area contributed by atoms with E-state index in [2.05, 4.69) is 62.4 Å². The highest BCUT2D eigenvalue weighted by atomic mass is 15.4. The standard InChI is InChI=1S/C18H22N6/c1-14-5-3-4-6-16(14)12-22-7-9-23(10-8-22)17-11-15(2)21-24-13-19-20-18(17)24/h3-6,11,13H,7-10,12H2,1-2H3. The molecule has 1 aromatic carbocycles. The number of hydrogen-bond donors (Lipinski definition) is 0. The first-order chi connectivity index (χ1) is 11.7. The van der Waals surface area contributed by atoms with E-state index in [1.165, 1.54) is 11.1 Å². The molecular formula is C18H22N6. The molecule has 1 aliphatic heterocycles. The molecule has 1 saturated heterocycles. The van der Waals surface area contributed by atoms with Gasteiger partial charge in [0.15, 0.2) is 0 Å². The van der Waals surface area contributed by atoms with Crippen molar-refractivity contribution in [3.05, 3.63) is 53.5 Å². The molecule has 6 heteroatoms. The molecule has 0 N–H and O–H groups in total. The van der Waals surface area contributed by atoms with Gasteiger partial charge in [-0.1, -0.05) is 24.3 Å². The summed E-state index contributed by atoms with van der Waals surface area (Å²) in [5, 5.41) is 12.6. The summed E-state index contributed by atoms with van der Waals surface area (Å²) in [5.74, 6) is 0. The average molecular weight is 322 g/mol. The molecule has 0 aliphatic carbocycles. The summed E-state index contributed by atoms with van der Waals surface area (Å²) in [5.41, 5.74) is 5.75. The number of nitrogens with zero attached hydrogens (tertiary/aromatic N) is 6. The predicted molar refractivity (Wildman–Crippen MR) is 94.2 cm³/mol. The van der Waals surface area contributed by atoms with Crippen LogP contribution in [0.15, 0.2) is 36.7 Å². The van der Waals surface area contributed by atoms with E-state index < -0.39 is 0 Å². The molecule has 1 fully saturated rings. The molecule has 0 unspecified atom stereocenters. The van der Waals surface area contributed by atoms with Crippen molar-refractivity contribution in [1.82, 2.24) is 24.7 Å². The average Bonchev–Trinajstić information content (AvgIpc) is 3.05. The highest BCUT2D eigenvalue weighted by molar-refractivity contribution is 5.68. The Kier molecular flexibility index (Phi) is 3.90. The van der Waals surface area contributed by atoms with Crippen LogP contribution >= 0.6 is 0 Å². The molecule has 4 rings (SSSR count). The van der Waals surface area contributed by atoms with Crippen LogP contribution in [0, 0.1) is 13.8 Å². The fraction of sp³-hybridized carbons (Fsp3) is 0.389. The molecule has 0 bridgehead atoms. The highest BCUT2D eigenvalue weighted by Gasteiger charge is 2.20. The number of aromatic nitrogens is 4. The van der Waals surface area contributed by atoms with Gasteiger partial charge in [-0.2, -0.15) is 9.61 Å². The van der Waals surface area contributed by atoms with E-state index in [4.69, 9.17) is 0 Å². The minimum atomic E-state index is 0.841. The third kappa shape index (κ3) is 2.85. The SMILES string of the molecule is Cc1cc(N2CCN(Cc3ccccc3C)CC2)c2nncn2n1. The summed E-state index contributed by atoms with van der Waals surface area (Å²) in [6.07, 6.45) is 1.67. The second kappa shape index (κ2) is 6.20. The number of piperazine rings is 1. The maximum atomic E-state index is 4.43. The summed E-state index contributed by atoms with van der Waals surface area (Å²) in [6.45, 7) is 9.32. The van der Waals surface area contributed by atoms with E-state index >= 15 is 0 Å². The fourth-order valence-electron chi connectivity index (χ4n) is 3.34. The van der Waals surface area contributed by atoms with Gasteiger partial charge in [0.1, 0.15) is 6.33 Å². The van der Waals surface area contributed by atoms with Crippen molar-refractivity contribution >= 4 is 11.3 Å².